The molecular weight excluding hydrogens is 246 g/mol. The largest absolute Gasteiger partial charge is 0.314 e. The standard InChI is InChI=1S/C17H35N3/c1-6-9-18-17-8-11-20(15(4)14(17)3)16-7-10-19(5)13(2)12-16/h13-18H,6-12H2,1-5H3. The van der Waals surface area contributed by atoms with Crippen LogP contribution in [-0.2, 0) is 0 Å². The molecule has 118 valence electrons. The van der Waals surface area contributed by atoms with Crippen LogP contribution in [0.3, 0.4) is 0 Å². The lowest BCUT2D eigenvalue weighted by molar-refractivity contribution is 0.00971. The van der Waals surface area contributed by atoms with Gasteiger partial charge in [0.25, 0.3) is 0 Å². The van der Waals surface area contributed by atoms with Crippen LogP contribution in [0.4, 0.5) is 0 Å². The highest BCUT2D eigenvalue weighted by atomic mass is 15.2. The summed E-state index contributed by atoms with van der Waals surface area (Å²) in [7, 11) is 2.27. The van der Waals surface area contributed by atoms with Gasteiger partial charge in [0.2, 0.25) is 0 Å². The van der Waals surface area contributed by atoms with Crippen LogP contribution in [0.5, 0.6) is 0 Å². The number of likely N-dealkylation sites (tertiary alicyclic amines) is 2. The van der Waals surface area contributed by atoms with Crippen molar-refractivity contribution in [2.24, 2.45) is 5.92 Å². The molecule has 5 atom stereocenters. The molecule has 20 heavy (non-hydrogen) atoms. The zero-order chi connectivity index (χ0) is 14.7. The van der Waals surface area contributed by atoms with Crippen molar-refractivity contribution in [3.63, 3.8) is 0 Å². The Morgan fingerprint density at radius 1 is 1.10 bits per heavy atom. The van der Waals surface area contributed by atoms with Gasteiger partial charge in [-0.2, -0.15) is 0 Å². The summed E-state index contributed by atoms with van der Waals surface area (Å²) in [5.74, 6) is 0.769. The van der Waals surface area contributed by atoms with Gasteiger partial charge in [-0.25, -0.2) is 0 Å². The highest BCUT2D eigenvalue weighted by Gasteiger charge is 2.37. The van der Waals surface area contributed by atoms with E-state index in [-0.39, 0.29) is 0 Å². The van der Waals surface area contributed by atoms with Crippen molar-refractivity contribution in [3.8, 4) is 0 Å². The Morgan fingerprint density at radius 3 is 2.50 bits per heavy atom. The Kier molecular flexibility index (Phi) is 5.88. The summed E-state index contributed by atoms with van der Waals surface area (Å²) >= 11 is 0. The fourth-order valence-corrected chi connectivity index (χ4v) is 4.09. The maximum absolute atomic E-state index is 3.76. The van der Waals surface area contributed by atoms with Crippen LogP contribution in [0.25, 0.3) is 0 Å². The second-order valence-electron chi connectivity index (χ2n) is 7.19. The lowest BCUT2D eigenvalue weighted by Gasteiger charge is -2.49. The summed E-state index contributed by atoms with van der Waals surface area (Å²) in [4.78, 5) is 5.33. The van der Waals surface area contributed by atoms with E-state index in [1.54, 1.807) is 0 Å². The van der Waals surface area contributed by atoms with Crippen LogP contribution in [-0.4, -0.2) is 60.6 Å². The fourth-order valence-electron chi connectivity index (χ4n) is 4.09. The smallest absolute Gasteiger partial charge is 0.0125 e. The predicted molar refractivity (Wildman–Crippen MR) is 87.1 cm³/mol. The van der Waals surface area contributed by atoms with E-state index < -0.39 is 0 Å². The molecule has 3 heteroatoms. The second-order valence-corrected chi connectivity index (χ2v) is 7.19. The van der Waals surface area contributed by atoms with Crippen LogP contribution in [0.1, 0.15) is 53.4 Å². The van der Waals surface area contributed by atoms with Gasteiger partial charge in [-0.3, -0.25) is 4.90 Å². The molecule has 2 aliphatic heterocycles. The molecule has 0 aliphatic carbocycles. The van der Waals surface area contributed by atoms with Gasteiger partial charge in [0.1, 0.15) is 0 Å². The van der Waals surface area contributed by atoms with Gasteiger partial charge < -0.3 is 10.2 Å². The number of nitrogens with one attached hydrogen (secondary N) is 1. The average molecular weight is 281 g/mol. The summed E-state index contributed by atoms with van der Waals surface area (Å²) in [5, 5.41) is 3.76. The monoisotopic (exact) mass is 281 g/mol. The maximum Gasteiger partial charge on any atom is 0.0125 e. The summed E-state index contributed by atoms with van der Waals surface area (Å²) in [6, 6.07) is 3.00. The average Bonchev–Trinajstić information content (AvgIpc) is 2.44. The van der Waals surface area contributed by atoms with E-state index in [2.05, 4.69) is 49.9 Å². The SMILES string of the molecule is CCCNC1CCN(C2CCN(C)C(C)C2)C(C)C1C. The zero-order valence-corrected chi connectivity index (χ0v) is 14.2. The number of nitrogens with zero attached hydrogens (tertiary/aromatic N) is 2. The minimum Gasteiger partial charge on any atom is -0.314 e. The molecule has 1 N–H and O–H groups in total. The van der Waals surface area contributed by atoms with Crippen molar-refractivity contribution >= 4 is 0 Å². The molecule has 2 saturated heterocycles. The molecule has 0 saturated carbocycles. The third-order valence-corrected chi connectivity index (χ3v) is 5.92. The second kappa shape index (κ2) is 7.24. The third-order valence-electron chi connectivity index (χ3n) is 5.92. The fraction of sp³-hybridized carbons (Fsp3) is 1.00. The first kappa shape index (κ1) is 16.3. The number of piperidine rings is 2. The minimum absolute atomic E-state index is 0.721. The molecule has 2 heterocycles. The number of rotatable bonds is 4. The van der Waals surface area contributed by atoms with Gasteiger partial charge in [-0.1, -0.05) is 13.8 Å². The van der Waals surface area contributed by atoms with Crippen molar-refractivity contribution in [1.29, 1.82) is 0 Å². The summed E-state index contributed by atoms with van der Waals surface area (Å²) in [5.41, 5.74) is 0. The molecule has 0 bridgehead atoms. The molecule has 0 spiro atoms. The van der Waals surface area contributed by atoms with Crippen molar-refractivity contribution in [3.05, 3.63) is 0 Å². The normalized spacial score (nSPS) is 41.0. The molecule has 5 unspecified atom stereocenters. The van der Waals surface area contributed by atoms with Crippen LogP contribution in [0.2, 0.25) is 0 Å². The van der Waals surface area contributed by atoms with E-state index in [4.69, 9.17) is 0 Å². The molecule has 0 aromatic heterocycles. The van der Waals surface area contributed by atoms with Crippen LogP contribution >= 0.6 is 0 Å². The van der Waals surface area contributed by atoms with Crippen molar-refractivity contribution in [2.45, 2.75) is 77.5 Å². The van der Waals surface area contributed by atoms with Gasteiger partial charge in [-0.15, -0.1) is 0 Å². The summed E-state index contributed by atoms with van der Waals surface area (Å²) < 4.78 is 0. The van der Waals surface area contributed by atoms with E-state index in [0.717, 1.165) is 30.1 Å². The highest BCUT2D eigenvalue weighted by Crippen LogP contribution is 2.30. The Bertz CT molecular complexity index is 294. The Labute approximate surface area is 126 Å². The van der Waals surface area contributed by atoms with Crippen LogP contribution in [0.15, 0.2) is 0 Å². The van der Waals surface area contributed by atoms with Crippen molar-refractivity contribution in [1.82, 2.24) is 15.1 Å². The van der Waals surface area contributed by atoms with Crippen molar-refractivity contribution in [2.75, 3.05) is 26.7 Å². The van der Waals surface area contributed by atoms with E-state index in [1.807, 2.05) is 0 Å². The molecule has 3 nitrogen and oxygen atoms in total. The third kappa shape index (κ3) is 3.55. The summed E-state index contributed by atoms with van der Waals surface area (Å²) in [6.07, 6.45) is 5.27. The van der Waals surface area contributed by atoms with Gasteiger partial charge in [-0.05, 0) is 65.6 Å². The molecular formula is C17H35N3. The topological polar surface area (TPSA) is 18.5 Å². The Morgan fingerprint density at radius 2 is 1.85 bits per heavy atom. The molecule has 2 aliphatic rings. The molecule has 0 amide bonds. The molecule has 0 radical (unpaired) electrons. The summed E-state index contributed by atoms with van der Waals surface area (Å²) in [6.45, 7) is 13.3. The van der Waals surface area contributed by atoms with E-state index in [0.29, 0.717) is 0 Å². The Hall–Kier alpha value is -0.120. The number of hydrogen-bond donors (Lipinski definition) is 1. The lowest BCUT2D eigenvalue weighted by Crippen LogP contribution is -2.58. The van der Waals surface area contributed by atoms with Gasteiger partial charge in [0.15, 0.2) is 0 Å². The zero-order valence-electron chi connectivity index (χ0n) is 14.2. The first-order chi connectivity index (χ1) is 9.54. The first-order valence-electron chi connectivity index (χ1n) is 8.74. The predicted octanol–water partition coefficient (Wildman–Crippen LogP) is 2.57. The molecule has 2 rings (SSSR count). The van der Waals surface area contributed by atoms with Crippen molar-refractivity contribution < 1.29 is 0 Å². The van der Waals surface area contributed by atoms with E-state index >= 15 is 0 Å². The van der Waals surface area contributed by atoms with Crippen LogP contribution < -0.4 is 5.32 Å². The van der Waals surface area contributed by atoms with E-state index in [1.165, 1.54) is 45.3 Å². The van der Waals surface area contributed by atoms with Gasteiger partial charge >= 0.3 is 0 Å². The van der Waals surface area contributed by atoms with Crippen LogP contribution in [0, 0.1) is 5.92 Å². The maximum atomic E-state index is 3.76. The molecule has 0 aromatic carbocycles. The molecule has 0 aromatic rings. The van der Waals surface area contributed by atoms with Gasteiger partial charge in [0, 0.05) is 30.7 Å². The Balaban J connectivity index is 1.91. The lowest BCUT2D eigenvalue weighted by atomic mass is 9.84. The van der Waals surface area contributed by atoms with E-state index in [9.17, 15) is 0 Å². The first-order valence-corrected chi connectivity index (χ1v) is 8.74. The minimum atomic E-state index is 0.721. The highest BCUT2D eigenvalue weighted by molar-refractivity contribution is 4.94. The van der Waals surface area contributed by atoms with Gasteiger partial charge in [0.05, 0.1) is 0 Å². The molecule has 2 fully saturated rings. The quantitative estimate of drug-likeness (QED) is 0.854. The number of hydrogen-bond acceptors (Lipinski definition) is 3.